The Labute approximate surface area is 126 Å². The molecule has 0 saturated carbocycles. The van der Waals surface area contributed by atoms with Crippen LogP contribution in [0.15, 0.2) is 23.1 Å². The molecule has 1 aromatic carbocycles. The molecule has 1 atom stereocenters. The van der Waals surface area contributed by atoms with Crippen molar-refractivity contribution in [1.29, 1.82) is 0 Å². The molecule has 18 heavy (non-hydrogen) atoms. The molecule has 0 aliphatic heterocycles. The van der Waals surface area contributed by atoms with E-state index in [1.165, 1.54) is 0 Å². The van der Waals surface area contributed by atoms with Crippen molar-refractivity contribution in [3.63, 3.8) is 0 Å². The van der Waals surface area contributed by atoms with Crippen LogP contribution in [0.4, 0.5) is 0 Å². The van der Waals surface area contributed by atoms with Crippen LogP contribution in [0.3, 0.4) is 0 Å². The van der Waals surface area contributed by atoms with Gasteiger partial charge in [-0.05, 0) is 44.2 Å². The summed E-state index contributed by atoms with van der Waals surface area (Å²) in [6, 6.07) is 5.67. The number of benzene rings is 1. The van der Waals surface area contributed by atoms with E-state index >= 15 is 0 Å². The molecular formula is C13H17BrClNOS. The Hall–Kier alpha value is -0.190. The highest BCUT2D eigenvalue weighted by atomic mass is 79.9. The Bertz CT molecular complexity index is 414. The lowest BCUT2D eigenvalue weighted by Crippen LogP contribution is -2.32. The standard InChI is InChI=1S/C13H17BrClNOS/c1-9(4-3-7-14)16-13(17)11-8-10(18-2)5-6-12(11)15/h5-6,8-9H,3-4,7H2,1-2H3,(H,16,17). The minimum absolute atomic E-state index is 0.0991. The number of amides is 1. The molecule has 0 aromatic heterocycles. The molecule has 5 heteroatoms. The number of halogens is 2. The van der Waals surface area contributed by atoms with E-state index in [0.29, 0.717) is 10.6 Å². The molecule has 0 fully saturated rings. The maximum Gasteiger partial charge on any atom is 0.253 e. The highest BCUT2D eigenvalue weighted by Crippen LogP contribution is 2.23. The highest BCUT2D eigenvalue weighted by molar-refractivity contribution is 9.09. The van der Waals surface area contributed by atoms with Crippen molar-refractivity contribution in [2.45, 2.75) is 30.7 Å². The number of hydrogen-bond donors (Lipinski definition) is 1. The Kier molecular flexibility index (Phi) is 7.12. The molecule has 1 unspecified atom stereocenters. The molecule has 0 aliphatic rings. The summed E-state index contributed by atoms with van der Waals surface area (Å²) in [6.07, 6.45) is 3.97. The number of carbonyl (C=O) groups excluding carboxylic acids is 1. The molecule has 2 nitrogen and oxygen atoms in total. The Balaban J connectivity index is 2.71. The summed E-state index contributed by atoms with van der Waals surface area (Å²) in [6.45, 7) is 2.01. The largest absolute Gasteiger partial charge is 0.350 e. The van der Waals surface area contributed by atoms with Crippen molar-refractivity contribution in [3.05, 3.63) is 28.8 Å². The van der Waals surface area contributed by atoms with Gasteiger partial charge in [0.15, 0.2) is 0 Å². The normalized spacial score (nSPS) is 12.2. The molecule has 0 bridgehead atoms. The summed E-state index contributed by atoms with van der Waals surface area (Å²) < 4.78 is 0. The summed E-state index contributed by atoms with van der Waals surface area (Å²) >= 11 is 11.0. The summed E-state index contributed by atoms with van der Waals surface area (Å²) in [7, 11) is 0. The second-order valence-electron chi connectivity index (χ2n) is 4.05. The number of thioether (sulfide) groups is 1. The van der Waals surface area contributed by atoms with E-state index in [2.05, 4.69) is 21.2 Å². The molecule has 1 amide bonds. The fourth-order valence-electron chi connectivity index (χ4n) is 1.56. The number of alkyl halides is 1. The molecule has 0 radical (unpaired) electrons. The first kappa shape index (κ1) is 15.9. The van der Waals surface area contributed by atoms with Crippen LogP contribution in [0.25, 0.3) is 0 Å². The zero-order valence-electron chi connectivity index (χ0n) is 10.5. The first-order valence-electron chi connectivity index (χ1n) is 5.79. The molecule has 0 spiro atoms. The third-order valence-corrected chi connectivity index (χ3v) is 4.18. The molecule has 0 aliphatic carbocycles. The van der Waals surface area contributed by atoms with Crippen LogP contribution in [-0.2, 0) is 0 Å². The van der Waals surface area contributed by atoms with Crippen LogP contribution in [-0.4, -0.2) is 23.5 Å². The van der Waals surface area contributed by atoms with Crippen LogP contribution in [0, 0.1) is 0 Å². The lowest BCUT2D eigenvalue weighted by Gasteiger charge is -2.14. The smallest absolute Gasteiger partial charge is 0.253 e. The minimum Gasteiger partial charge on any atom is -0.350 e. The highest BCUT2D eigenvalue weighted by Gasteiger charge is 2.13. The maximum absolute atomic E-state index is 12.1. The van der Waals surface area contributed by atoms with Crippen molar-refractivity contribution in [2.75, 3.05) is 11.6 Å². The summed E-state index contributed by atoms with van der Waals surface area (Å²) in [5.41, 5.74) is 0.550. The fraction of sp³-hybridized carbons (Fsp3) is 0.462. The third-order valence-electron chi connectivity index (χ3n) is 2.57. The van der Waals surface area contributed by atoms with E-state index < -0.39 is 0 Å². The van der Waals surface area contributed by atoms with Gasteiger partial charge in [0.25, 0.3) is 5.91 Å². The van der Waals surface area contributed by atoms with Gasteiger partial charge in [-0.15, -0.1) is 11.8 Å². The van der Waals surface area contributed by atoms with E-state index in [0.717, 1.165) is 23.1 Å². The van der Waals surface area contributed by atoms with E-state index in [1.54, 1.807) is 17.8 Å². The van der Waals surface area contributed by atoms with Crippen LogP contribution in [0.1, 0.15) is 30.1 Å². The topological polar surface area (TPSA) is 29.1 Å². The van der Waals surface area contributed by atoms with Gasteiger partial charge in [0.1, 0.15) is 0 Å². The number of rotatable bonds is 6. The van der Waals surface area contributed by atoms with Crippen molar-refractivity contribution >= 4 is 45.2 Å². The first-order valence-corrected chi connectivity index (χ1v) is 8.51. The van der Waals surface area contributed by atoms with Crippen molar-refractivity contribution < 1.29 is 4.79 Å². The average Bonchev–Trinajstić information content (AvgIpc) is 2.36. The van der Waals surface area contributed by atoms with Gasteiger partial charge in [-0.3, -0.25) is 4.79 Å². The average molecular weight is 351 g/mol. The Morgan fingerprint density at radius 1 is 1.56 bits per heavy atom. The van der Waals surface area contributed by atoms with Gasteiger partial charge in [0, 0.05) is 16.3 Å². The summed E-state index contributed by atoms with van der Waals surface area (Å²) in [5.74, 6) is -0.0991. The number of nitrogens with one attached hydrogen (secondary N) is 1. The second kappa shape index (κ2) is 8.08. The molecule has 100 valence electrons. The number of hydrogen-bond acceptors (Lipinski definition) is 2. The van der Waals surface area contributed by atoms with Gasteiger partial charge in [0.2, 0.25) is 0 Å². The fourth-order valence-corrected chi connectivity index (χ4v) is 2.53. The van der Waals surface area contributed by atoms with Crippen molar-refractivity contribution in [3.8, 4) is 0 Å². The zero-order chi connectivity index (χ0) is 13.5. The molecule has 0 heterocycles. The van der Waals surface area contributed by atoms with E-state index in [1.807, 2.05) is 25.3 Å². The summed E-state index contributed by atoms with van der Waals surface area (Å²) in [4.78, 5) is 13.1. The van der Waals surface area contributed by atoms with Gasteiger partial charge >= 0.3 is 0 Å². The maximum atomic E-state index is 12.1. The molecule has 1 N–H and O–H groups in total. The molecule has 1 rings (SSSR count). The third kappa shape index (κ3) is 4.82. The van der Waals surface area contributed by atoms with E-state index in [4.69, 9.17) is 11.6 Å². The monoisotopic (exact) mass is 349 g/mol. The first-order chi connectivity index (χ1) is 8.58. The van der Waals surface area contributed by atoms with Crippen LogP contribution >= 0.6 is 39.3 Å². The molecule has 1 aromatic rings. The van der Waals surface area contributed by atoms with E-state index in [-0.39, 0.29) is 11.9 Å². The lowest BCUT2D eigenvalue weighted by atomic mass is 10.1. The predicted octanol–water partition coefficient (Wildman–Crippen LogP) is 4.36. The van der Waals surface area contributed by atoms with Gasteiger partial charge in [0.05, 0.1) is 10.6 Å². The summed E-state index contributed by atoms with van der Waals surface area (Å²) in [5, 5.41) is 4.42. The van der Waals surface area contributed by atoms with Crippen molar-refractivity contribution in [2.24, 2.45) is 0 Å². The lowest BCUT2D eigenvalue weighted by molar-refractivity contribution is 0.0938. The van der Waals surface area contributed by atoms with Gasteiger partial charge in [-0.25, -0.2) is 0 Å². The quantitative estimate of drug-likeness (QED) is 0.610. The van der Waals surface area contributed by atoms with Gasteiger partial charge in [-0.2, -0.15) is 0 Å². The van der Waals surface area contributed by atoms with E-state index in [9.17, 15) is 4.79 Å². The number of carbonyl (C=O) groups is 1. The molecule has 0 saturated heterocycles. The Morgan fingerprint density at radius 2 is 2.28 bits per heavy atom. The molecular weight excluding hydrogens is 334 g/mol. The zero-order valence-corrected chi connectivity index (χ0v) is 13.7. The minimum atomic E-state index is -0.0991. The van der Waals surface area contributed by atoms with Gasteiger partial charge in [-0.1, -0.05) is 27.5 Å². The van der Waals surface area contributed by atoms with Crippen molar-refractivity contribution in [1.82, 2.24) is 5.32 Å². The SMILES string of the molecule is CSc1ccc(Cl)c(C(=O)NC(C)CCCBr)c1. The predicted molar refractivity (Wildman–Crippen MR) is 83.2 cm³/mol. The van der Waals surface area contributed by atoms with Crippen LogP contribution in [0.5, 0.6) is 0 Å². The second-order valence-corrected chi connectivity index (χ2v) is 6.13. The van der Waals surface area contributed by atoms with Crippen LogP contribution in [0.2, 0.25) is 5.02 Å². The van der Waals surface area contributed by atoms with Gasteiger partial charge < -0.3 is 5.32 Å². The Morgan fingerprint density at radius 3 is 2.89 bits per heavy atom. The van der Waals surface area contributed by atoms with Crippen LogP contribution < -0.4 is 5.32 Å².